The summed E-state index contributed by atoms with van der Waals surface area (Å²) >= 11 is 0. The van der Waals surface area contributed by atoms with E-state index < -0.39 is 0 Å². The number of hydrogen-bond donors (Lipinski definition) is 1. The Morgan fingerprint density at radius 3 is 2.67 bits per heavy atom. The Kier molecular flexibility index (Phi) is 5.65. The zero-order valence-electron chi connectivity index (χ0n) is 9.58. The van der Waals surface area contributed by atoms with Gasteiger partial charge in [0, 0.05) is 39.3 Å². The normalized spacial score (nSPS) is 18.1. The molecule has 0 bridgehead atoms. The Morgan fingerprint density at radius 2 is 2.07 bits per heavy atom. The third-order valence-corrected chi connectivity index (χ3v) is 2.88. The molecule has 2 N–H and O–H groups in total. The molecule has 0 unspecified atom stereocenters. The number of amides is 1. The van der Waals surface area contributed by atoms with Crippen molar-refractivity contribution in [1.29, 1.82) is 0 Å². The molecule has 88 valence electrons. The monoisotopic (exact) mass is 214 g/mol. The molecule has 0 spiro atoms. The fourth-order valence-electron chi connectivity index (χ4n) is 1.83. The molecule has 0 radical (unpaired) electrons. The van der Waals surface area contributed by atoms with Crippen molar-refractivity contribution < 1.29 is 9.53 Å². The third-order valence-electron chi connectivity index (χ3n) is 2.88. The van der Waals surface area contributed by atoms with Crippen LogP contribution in [0.3, 0.4) is 0 Å². The molecule has 0 atom stereocenters. The van der Waals surface area contributed by atoms with E-state index in [2.05, 4.69) is 0 Å². The molecule has 0 aromatic heterocycles. The molecule has 1 rings (SSSR count). The number of carbonyl (C=O) groups excluding carboxylic acids is 1. The molecule has 1 amide bonds. The summed E-state index contributed by atoms with van der Waals surface area (Å²) < 4.78 is 4.94. The van der Waals surface area contributed by atoms with Crippen molar-refractivity contribution in [2.75, 3.05) is 26.8 Å². The summed E-state index contributed by atoms with van der Waals surface area (Å²) in [6, 6.07) is 0.294. The van der Waals surface area contributed by atoms with Crippen LogP contribution < -0.4 is 5.73 Å². The second kappa shape index (κ2) is 6.80. The molecule has 1 fully saturated rings. The molecule has 15 heavy (non-hydrogen) atoms. The Labute approximate surface area is 91.8 Å². The van der Waals surface area contributed by atoms with E-state index in [4.69, 9.17) is 10.5 Å². The van der Waals surface area contributed by atoms with Crippen LogP contribution in [0.15, 0.2) is 0 Å². The van der Waals surface area contributed by atoms with Gasteiger partial charge in [-0.1, -0.05) is 0 Å². The minimum atomic E-state index is 0.276. The van der Waals surface area contributed by atoms with Gasteiger partial charge in [-0.15, -0.1) is 0 Å². The first-order chi connectivity index (χ1) is 7.24. The predicted octanol–water partition coefficient (Wildman–Crippen LogP) is 0.753. The van der Waals surface area contributed by atoms with E-state index in [9.17, 15) is 4.79 Å². The number of hydrogen-bond acceptors (Lipinski definition) is 3. The summed E-state index contributed by atoms with van der Waals surface area (Å²) in [6.45, 7) is 2.42. The first-order valence-electron chi connectivity index (χ1n) is 5.76. The minimum Gasteiger partial charge on any atom is -0.385 e. The van der Waals surface area contributed by atoms with E-state index in [1.807, 2.05) is 4.90 Å². The highest BCUT2D eigenvalue weighted by Crippen LogP contribution is 2.10. The fourth-order valence-corrected chi connectivity index (χ4v) is 1.83. The minimum absolute atomic E-state index is 0.276. The molecule has 4 nitrogen and oxygen atoms in total. The smallest absolute Gasteiger partial charge is 0.222 e. The molecular formula is C11H22N2O2. The van der Waals surface area contributed by atoms with Crippen LogP contribution in [0, 0.1) is 0 Å². The first kappa shape index (κ1) is 12.5. The van der Waals surface area contributed by atoms with E-state index in [0.29, 0.717) is 12.5 Å². The van der Waals surface area contributed by atoms with Gasteiger partial charge < -0.3 is 15.4 Å². The van der Waals surface area contributed by atoms with E-state index >= 15 is 0 Å². The van der Waals surface area contributed by atoms with Gasteiger partial charge in [0.05, 0.1) is 0 Å². The topological polar surface area (TPSA) is 55.6 Å². The van der Waals surface area contributed by atoms with Crippen molar-refractivity contribution in [3.63, 3.8) is 0 Å². The number of piperidine rings is 1. The second-order valence-corrected chi connectivity index (χ2v) is 4.17. The molecule has 0 aromatic rings. The Hall–Kier alpha value is -0.610. The molecule has 1 heterocycles. The number of nitrogens with zero attached hydrogens (tertiary/aromatic N) is 1. The van der Waals surface area contributed by atoms with Crippen molar-refractivity contribution in [3.05, 3.63) is 0 Å². The number of rotatable bonds is 5. The van der Waals surface area contributed by atoms with Crippen molar-refractivity contribution in [3.8, 4) is 0 Å². The van der Waals surface area contributed by atoms with Gasteiger partial charge in [-0.3, -0.25) is 4.79 Å². The fraction of sp³-hybridized carbons (Fsp3) is 0.909. The maximum absolute atomic E-state index is 11.7. The highest BCUT2D eigenvalue weighted by Gasteiger charge is 2.19. The molecule has 1 aliphatic rings. The van der Waals surface area contributed by atoms with Crippen molar-refractivity contribution in [1.82, 2.24) is 4.90 Å². The quantitative estimate of drug-likeness (QED) is 0.687. The predicted molar refractivity (Wildman–Crippen MR) is 59.5 cm³/mol. The Balaban J connectivity index is 2.11. The lowest BCUT2D eigenvalue weighted by Crippen LogP contribution is -2.42. The molecule has 0 aromatic carbocycles. The van der Waals surface area contributed by atoms with Crippen molar-refractivity contribution in [2.45, 2.75) is 38.1 Å². The summed E-state index contributed by atoms with van der Waals surface area (Å²) in [6.07, 6.45) is 4.44. The maximum Gasteiger partial charge on any atom is 0.222 e. The second-order valence-electron chi connectivity index (χ2n) is 4.17. The van der Waals surface area contributed by atoms with Crippen molar-refractivity contribution >= 4 is 5.91 Å². The number of methoxy groups -OCH3 is 1. The third kappa shape index (κ3) is 4.62. The molecule has 0 saturated carbocycles. The number of ether oxygens (including phenoxy) is 1. The number of likely N-dealkylation sites (tertiary alicyclic amines) is 1. The summed E-state index contributed by atoms with van der Waals surface area (Å²) in [5.41, 5.74) is 5.78. The van der Waals surface area contributed by atoms with Gasteiger partial charge in [-0.25, -0.2) is 0 Å². The van der Waals surface area contributed by atoms with Gasteiger partial charge >= 0.3 is 0 Å². The average molecular weight is 214 g/mol. The molecule has 4 heteroatoms. The highest BCUT2D eigenvalue weighted by molar-refractivity contribution is 5.76. The zero-order valence-corrected chi connectivity index (χ0v) is 9.58. The lowest BCUT2D eigenvalue weighted by molar-refractivity contribution is -0.132. The summed E-state index contributed by atoms with van der Waals surface area (Å²) in [5, 5.41) is 0. The first-order valence-corrected chi connectivity index (χ1v) is 5.76. The van der Waals surface area contributed by atoms with Crippen LogP contribution in [-0.2, 0) is 9.53 Å². The maximum atomic E-state index is 11.7. The van der Waals surface area contributed by atoms with E-state index in [1.54, 1.807) is 7.11 Å². The van der Waals surface area contributed by atoms with E-state index in [1.165, 1.54) is 0 Å². The van der Waals surface area contributed by atoms with E-state index in [-0.39, 0.29) is 5.91 Å². The average Bonchev–Trinajstić information content (AvgIpc) is 2.25. The van der Waals surface area contributed by atoms with Gasteiger partial charge in [0.15, 0.2) is 0 Å². The molecule has 1 saturated heterocycles. The van der Waals surface area contributed by atoms with Crippen molar-refractivity contribution in [2.24, 2.45) is 5.73 Å². The van der Waals surface area contributed by atoms with Gasteiger partial charge in [0.1, 0.15) is 0 Å². The highest BCUT2D eigenvalue weighted by atomic mass is 16.5. The molecule has 0 aliphatic carbocycles. The summed E-state index contributed by atoms with van der Waals surface area (Å²) in [7, 11) is 1.69. The SMILES string of the molecule is COCCCCC(=O)N1CCC(N)CC1. The van der Waals surface area contributed by atoms with Crippen LogP contribution in [0.2, 0.25) is 0 Å². The zero-order chi connectivity index (χ0) is 11.1. The number of nitrogens with two attached hydrogens (primary N) is 1. The summed E-state index contributed by atoms with van der Waals surface area (Å²) in [4.78, 5) is 13.7. The van der Waals surface area contributed by atoms with Gasteiger partial charge in [-0.2, -0.15) is 0 Å². The van der Waals surface area contributed by atoms with Gasteiger partial charge in [0.2, 0.25) is 5.91 Å². The van der Waals surface area contributed by atoms with Crippen LogP contribution in [-0.4, -0.2) is 43.7 Å². The Morgan fingerprint density at radius 1 is 1.40 bits per heavy atom. The van der Waals surface area contributed by atoms with Gasteiger partial charge in [0.25, 0.3) is 0 Å². The van der Waals surface area contributed by atoms with Crippen LogP contribution in [0.4, 0.5) is 0 Å². The molecular weight excluding hydrogens is 192 g/mol. The molecule has 1 aliphatic heterocycles. The summed E-state index contributed by atoms with van der Waals surface area (Å²) in [5.74, 6) is 0.276. The van der Waals surface area contributed by atoms with Crippen LogP contribution >= 0.6 is 0 Å². The van der Waals surface area contributed by atoms with Crippen LogP contribution in [0.5, 0.6) is 0 Å². The lowest BCUT2D eigenvalue weighted by atomic mass is 10.1. The van der Waals surface area contributed by atoms with E-state index in [0.717, 1.165) is 45.4 Å². The number of unbranched alkanes of at least 4 members (excludes halogenated alkanes) is 1. The van der Waals surface area contributed by atoms with Crippen LogP contribution in [0.1, 0.15) is 32.1 Å². The Bertz CT molecular complexity index is 189. The standard InChI is InChI=1S/C11H22N2O2/c1-15-9-3-2-4-11(14)13-7-5-10(12)6-8-13/h10H,2-9,12H2,1H3. The van der Waals surface area contributed by atoms with Crippen LogP contribution in [0.25, 0.3) is 0 Å². The largest absolute Gasteiger partial charge is 0.385 e. The lowest BCUT2D eigenvalue weighted by Gasteiger charge is -2.30. The van der Waals surface area contributed by atoms with Gasteiger partial charge in [-0.05, 0) is 25.7 Å². The number of carbonyl (C=O) groups is 1.